The quantitative estimate of drug-likeness (QED) is 0.0492. The molecule has 0 aromatic carbocycles. The number of hydrogen-bond acceptors (Lipinski definition) is 2. The summed E-state index contributed by atoms with van der Waals surface area (Å²) in [6, 6.07) is 3.52. The van der Waals surface area contributed by atoms with Crippen LogP contribution in [0.2, 0.25) is 18.1 Å². The first-order chi connectivity index (χ1) is 18.9. The second kappa shape index (κ2) is 27.6. The molecular weight excluding hydrogens is 492 g/mol. The number of unbranched alkanes of at least 4 members (excludes halogenated alkanes) is 19. The van der Waals surface area contributed by atoms with Gasteiger partial charge in [0, 0.05) is 5.57 Å². The van der Waals surface area contributed by atoms with Crippen LogP contribution < -0.4 is 0 Å². The normalized spacial score (nSPS) is 12.5. The van der Waals surface area contributed by atoms with Crippen LogP contribution in [0.25, 0.3) is 0 Å². The third-order valence-electron chi connectivity index (χ3n) is 8.83. The van der Waals surface area contributed by atoms with E-state index in [2.05, 4.69) is 34.3 Å². The summed E-state index contributed by atoms with van der Waals surface area (Å²) in [4.78, 5) is 12.9. The van der Waals surface area contributed by atoms with E-state index in [-0.39, 0.29) is 5.97 Å². The van der Waals surface area contributed by atoms with Crippen molar-refractivity contribution in [2.24, 2.45) is 5.92 Å². The van der Waals surface area contributed by atoms with Gasteiger partial charge in [-0.2, -0.15) is 0 Å². The zero-order valence-corrected chi connectivity index (χ0v) is 28.7. The first kappa shape index (κ1) is 38.4. The topological polar surface area (TPSA) is 26.3 Å². The molecule has 2 nitrogen and oxygen atoms in total. The molecule has 1 atom stereocenters. The monoisotopic (exact) mass is 565 g/mol. The van der Waals surface area contributed by atoms with Gasteiger partial charge < -0.3 is 4.43 Å². The maximum absolute atomic E-state index is 12.9. The largest absolute Gasteiger partial charge is 0.516 e. The molecule has 0 aliphatic heterocycles. The third-order valence-corrected chi connectivity index (χ3v) is 13.3. The van der Waals surface area contributed by atoms with Crippen molar-refractivity contribution in [1.29, 1.82) is 0 Å². The Morgan fingerprint density at radius 2 is 0.949 bits per heavy atom. The molecule has 1 unspecified atom stereocenters. The Labute approximate surface area is 248 Å². The maximum atomic E-state index is 12.9. The van der Waals surface area contributed by atoms with Crippen LogP contribution in [-0.2, 0) is 9.22 Å². The summed E-state index contributed by atoms with van der Waals surface area (Å²) in [5.41, 5.74) is 0.583. The van der Waals surface area contributed by atoms with E-state index in [0.29, 0.717) is 11.5 Å². The van der Waals surface area contributed by atoms with E-state index in [1.807, 2.05) is 6.92 Å². The van der Waals surface area contributed by atoms with Gasteiger partial charge in [0.05, 0.1) is 0 Å². The van der Waals surface area contributed by atoms with Crippen LogP contribution in [0.4, 0.5) is 0 Å². The molecule has 0 saturated heterocycles. The summed E-state index contributed by atoms with van der Waals surface area (Å²) in [7, 11) is -2.15. The van der Waals surface area contributed by atoms with Crippen molar-refractivity contribution in [2.45, 2.75) is 207 Å². The highest BCUT2D eigenvalue weighted by molar-refractivity contribution is 6.75. The van der Waals surface area contributed by atoms with Gasteiger partial charge in [-0.3, -0.25) is 0 Å². The Morgan fingerprint density at radius 3 is 1.28 bits per heavy atom. The van der Waals surface area contributed by atoms with Gasteiger partial charge in [0.2, 0.25) is 0 Å². The molecule has 0 spiro atoms. The first-order valence-electron chi connectivity index (χ1n) is 17.8. The van der Waals surface area contributed by atoms with E-state index in [0.717, 1.165) is 0 Å². The molecule has 0 bridgehead atoms. The van der Waals surface area contributed by atoms with Crippen molar-refractivity contribution in [1.82, 2.24) is 0 Å². The lowest BCUT2D eigenvalue weighted by atomic mass is 10.0. The van der Waals surface area contributed by atoms with Crippen molar-refractivity contribution < 1.29 is 9.22 Å². The highest BCUT2D eigenvalue weighted by atomic mass is 28.4. The summed E-state index contributed by atoms with van der Waals surface area (Å²) in [5, 5.41) is 0. The molecule has 232 valence electrons. The first-order valence-corrected chi connectivity index (χ1v) is 20.4. The summed E-state index contributed by atoms with van der Waals surface area (Å²) >= 11 is 0. The van der Waals surface area contributed by atoms with Gasteiger partial charge in [0.15, 0.2) is 0 Å². The van der Waals surface area contributed by atoms with Gasteiger partial charge in [0.1, 0.15) is 0 Å². The lowest BCUT2D eigenvalue weighted by molar-refractivity contribution is -0.131. The van der Waals surface area contributed by atoms with Gasteiger partial charge in [-0.05, 0) is 31.0 Å². The predicted molar refractivity (Wildman–Crippen MR) is 178 cm³/mol. The van der Waals surface area contributed by atoms with Crippen molar-refractivity contribution in [3.63, 3.8) is 0 Å². The third kappa shape index (κ3) is 22.8. The van der Waals surface area contributed by atoms with Crippen LogP contribution >= 0.6 is 0 Å². The smallest absolute Gasteiger partial charge is 0.319 e. The van der Waals surface area contributed by atoms with E-state index in [1.165, 1.54) is 172 Å². The zero-order valence-electron chi connectivity index (χ0n) is 27.7. The average Bonchev–Trinajstić information content (AvgIpc) is 2.93. The van der Waals surface area contributed by atoms with Crippen molar-refractivity contribution in [3.05, 3.63) is 12.2 Å². The fourth-order valence-corrected chi connectivity index (χ4v) is 10.9. The highest BCUT2D eigenvalue weighted by Gasteiger charge is 2.39. The van der Waals surface area contributed by atoms with E-state index in [4.69, 9.17) is 4.43 Å². The number of carbonyl (C=O) groups is 1. The van der Waals surface area contributed by atoms with Crippen LogP contribution in [0.3, 0.4) is 0 Å². The predicted octanol–water partition coefficient (Wildman–Crippen LogP) is 13.1. The highest BCUT2D eigenvalue weighted by Crippen LogP contribution is 2.35. The Hall–Kier alpha value is -0.573. The number of carbonyl (C=O) groups excluding carboxylic acids is 1. The minimum absolute atomic E-state index is 0.105. The van der Waals surface area contributed by atoms with Crippen LogP contribution in [0, 0.1) is 5.92 Å². The standard InChI is InChI=1S/C36H72O2Si/c1-7-11-14-16-18-20-22-24-26-28-31-39(38-36(37)34(5)6,33-35(10-4)30-13-9-3)32-29-27-25-23-21-19-17-15-12-8-2/h35H,5,7-33H2,1-4,6H3. The van der Waals surface area contributed by atoms with Gasteiger partial charge in [-0.15, -0.1) is 0 Å². The molecule has 39 heavy (non-hydrogen) atoms. The molecule has 0 aromatic rings. The number of rotatable bonds is 30. The van der Waals surface area contributed by atoms with Crippen molar-refractivity contribution in [3.8, 4) is 0 Å². The van der Waals surface area contributed by atoms with Crippen molar-refractivity contribution in [2.75, 3.05) is 0 Å². The maximum Gasteiger partial charge on any atom is 0.319 e. The SMILES string of the molecule is C=C(C)C(=O)O[Si](CCCCCCCCCCCC)(CCCCCCCCCCCC)CC(CC)CCCC. The molecule has 0 rings (SSSR count). The Morgan fingerprint density at radius 1 is 0.590 bits per heavy atom. The minimum Gasteiger partial charge on any atom is -0.516 e. The van der Waals surface area contributed by atoms with Crippen LogP contribution in [0.15, 0.2) is 12.2 Å². The van der Waals surface area contributed by atoms with E-state index in [9.17, 15) is 4.79 Å². The van der Waals surface area contributed by atoms with Crippen LogP contribution in [0.1, 0.15) is 189 Å². The molecule has 0 N–H and O–H groups in total. The fraction of sp³-hybridized carbons (Fsp3) is 0.917. The molecule has 0 amide bonds. The van der Waals surface area contributed by atoms with Gasteiger partial charge in [-0.1, -0.05) is 188 Å². The molecule has 0 aliphatic rings. The van der Waals surface area contributed by atoms with Gasteiger partial charge >= 0.3 is 5.97 Å². The summed E-state index contributed by atoms with van der Waals surface area (Å²) in [6.07, 6.45) is 32.3. The number of hydrogen-bond donors (Lipinski definition) is 0. The molecule has 3 heteroatoms. The summed E-state index contributed by atoms with van der Waals surface area (Å²) < 4.78 is 6.58. The van der Waals surface area contributed by atoms with Crippen LogP contribution in [-0.4, -0.2) is 14.3 Å². The van der Waals surface area contributed by atoms with E-state index >= 15 is 0 Å². The lowest BCUT2D eigenvalue weighted by Gasteiger charge is -2.34. The van der Waals surface area contributed by atoms with E-state index < -0.39 is 8.32 Å². The van der Waals surface area contributed by atoms with Crippen LogP contribution in [0.5, 0.6) is 0 Å². The minimum atomic E-state index is -2.15. The second-order valence-electron chi connectivity index (χ2n) is 12.8. The molecule has 0 aromatic heterocycles. The summed E-state index contributed by atoms with van der Waals surface area (Å²) in [6.45, 7) is 15.0. The second-order valence-corrected chi connectivity index (χ2v) is 16.8. The lowest BCUT2D eigenvalue weighted by Crippen LogP contribution is -2.42. The zero-order chi connectivity index (χ0) is 29.0. The van der Waals surface area contributed by atoms with Crippen molar-refractivity contribution >= 4 is 14.3 Å². The molecule has 0 saturated carbocycles. The Bertz CT molecular complexity index is 534. The molecule has 0 aliphatic carbocycles. The summed E-state index contributed by atoms with van der Waals surface area (Å²) in [5.74, 6) is 0.604. The fourth-order valence-electron chi connectivity index (χ4n) is 6.10. The Kier molecular flexibility index (Phi) is 27.2. The van der Waals surface area contributed by atoms with Gasteiger partial charge in [0.25, 0.3) is 8.32 Å². The average molecular weight is 565 g/mol. The van der Waals surface area contributed by atoms with Gasteiger partial charge in [-0.25, -0.2) is 4.79 Å². The molecule has 0 radical (unpaired) electrons. The molecular formula is C36H72O2Si. The molecule has 0 heterocycles. The molecule has 0 fully saturated rings. The Balaban J connectivity index is 4.94. The van der Waals surface area contributed by atoms with E-state index in [1.54, 1.807) is 0 Å².